The van der Waals surface area contributed by atoms with Gasteiger partial charge in [0.1, 0.15) is 0 Å². The summed E-state index contributed by atoms with van der Waals surface area (Å²) in [5.74, 6) is 0. The summed E-state index contributed by atoms with van der Waals surface area (Å²) in [5, 5.41) is 8.54. The van der Waals surface area contributed by atoms with Crippen molar-refractivity contribution in [3.8, 4) is 0 Å². The van der Waals surface area contributed by atoms with Gasteiger partial charge in [-0.2, -0.15) is 10.2 Å². The van der Waals surface area contributed by atoms with E-state index in [9.17, 15) is 0 Å². The average molecular weight is 228 g/mol. The second-order valence-corrected chi connectivity index (χ2v) is 3.90. The van der Waals surface area contributed by atoms with E-state index in [2.05, 4.69) is 15.2 Å². The molecular weight excluding hydrogens is 216 g/mol. The van der Waals surface area contributed by atoms with Crippen LogP contribution in [-0.4, -0.2) is 24.4 Å². The van der Waals surface area contributed by atoms with Crippen molar-refractivity contribution in [3.63, 3.8) is 0 Å². The van der Waals surface area contributed by atoms with E-state index in [4.69, 9.17) is 5.73 Å². The summed E-state index contributed by atoms with van der Waals surface area (Å²) in [4.78, 5) is 4.09. The molecule has 3 rings (SSSR count). The van der Waals surface area contributed by atoms with Crippen molar-refractivity contribution in [3.05, 3.63) is 48.3 Å². The number of aromatic nitrogens is 5. The molecule has 1 unspecified atom stereocenters. The number of rotatable bonds is 2. The molecule has 86 valence electrons. The van der Waals surface area contributed by atoms with Crippen LogP contribution >= 0.6 is 0 Å². The smallest absolute Gasteiger partial charge is 0.0896 e. The minimum atomic E-state index is -0.280. The molecule has 0 saturated heterocycles. The van der Waals surface area contributed by atoms with E-state index in [1.54, 1.807) is 34.0 Å². The maximum absolute atomic E-state index is 6.18. The third-order valence-corrected chi connectivity index (χ3v) is 2.74. The fourth-order valence-corrected chi connectivity index (χ4v) is 1.85. The van der Waals surface area contributed by atoms with Gasteiger partial charge >= 0.3 is 0 Å². The number of nitrogens with two attached hydrogens (primary N) is 1. The van der Waals surface area contributed by atoms with Crippen LogP contribution in [0.15, 0.2) is 37.1 Å². The van der Waals surface area contributed by atoms with E-state index in [1.165, 1.54) is 0 Å². The highest BCUT2D eigenvalue weighted by atomic mass is 15.3. The molecule has 0 fully saturated rings. The van der Waals surface area contributed by atoms with Crippen LogP contribution in [0.3, 0.4) is 0 Å². The van der Waals surface area contributed by atoms with Gasteiger partial charge in [0.05, 0.1) is 29.6 Å². The van der Waals surface area contributed by atoms with Crippen molar-refractivity contribution >= 4 is 5.52 Å². The Hall–Kier alpha value is -2.21. The van der Waals surface area contributed by atoms with Gasteiger partial charge in [-0.25, -0.2) is 4.52 Å². The largest absolute Gasteiger partial charge is 0.319 e. The summed E-state index contributed by atoms with van der Waals surface area (Å²) >= 11 is 0. The molecule has 17 heavy (non-hydrogen) atoms. The molecule has 2 N–H and O–H groups in total. The maximum atomic E-state index is 6.18. The third-order valence-electron chi connectivity index (χ3n) is 2.74. The maximum Gasteiger partial charge on any atom is 0.0896 e. The zero-order valence-electron chi connectivity index (χ0n) is 9.35. The lowest BCUT2D eigenvalue weighted by atomic mass is 10.1. The van der Waals surface area contributed by atoms with Gasteiger partial charge in [-0.1, -0.05) is 0 Å². The Balaban J connectivity index is 2.09. The molecule has 3 aromatic heterocycles. The molecule has 6 nitrogen and oxygen atoms in total. The third kappa shape index (κ3) is 1.58. The zero-order chi connectivity index (χ0) is 11.8. The minimum Gasteiger partial charge on any atom is -0.319 e. The molecule has 6 heteroatoms. The van der Waals surface area contributed by atoms with Gasteiger partial charge < -0.3 is 5.73 Å². The molecular formula is C11H12N6. The molecule has 0 bridgehead atoms. The lowest BCUT2D eigenvalue weighted by molar-refractivity contribution is 0.717. The van der Waals surface area contributed by atoms with Gasteiger partial charge in [0, 0.05) is 31.2 Å². The Morgan fingerprint density at radius 2 is 2.18 bits per heavy atom. The van der Waals surface area contributed by atoms with E-state index in [-0.39, 0.29) is 6.04 Å². The molecule has 0 aliphatic rings. The first-order chi connectivity index (χ1) is 8.25. The van der Waals surface area contributed by atoms with Crippen LogP contribution < -0.4 is 5.73 Å². The number of aryl methyl sites for hydroxylation is 1. The number of hydrogen-bond acceptors (Lipinski definition) is 4. The number of fused-ring (bicyclic) bond motifs is 1. The van der Waals surface area contributed by atoms with Crippen molar-refractivity contribution in [1.29, 1.82) is 0 Å². The molecule has 0 radical (unpaired) electrons. The monoisotopic (exact) mass is 228 g/mol. The van der Waals surface area contributed by atoms with E-state index in [1.807, 2.05) is 19.3 Å². The standard InChI is InChI=1S/C11H12N6/c1-16-4-2-9(15-16)11(12)8-6-14-17-5-3-13-7-10(8)17/h2-7,11H,12H2,1H3. The van der Waals surface area contributed by atoms with Crippen LogP contribution in [0, 0.1) is 0 Å². The summed E-state index contributed by atoms with van der Waals surface area (Å²) in [7, 11) is 1.87. The highest BCUT2D eigenvalue weighted by Crippen LogP contribution is 2.21. The zero-order valence-corrected chi connectivity index (χ0v) is 9.35. The van der Waals surface area contributed by atoms with Crippen molar-refractivity contribution in [2.24, 2.45) is 12.8 Å². The topological polar surface area (TPSA) is 74.0 Å². The van der Waals surface area contributed by atoms with Gasteiger partial charge in [-0.05, 0) is 6.07 Å². The first-order valence-electron chi connectivity index (χ1n) is 5.28. The molecule has 0 aliphatic heterocycles. The average Bonchev–Trinajstić information content (AvgIpc) is 2.94. The van der Waals surface area contributed by atoms with Crippen LogP contribution in [0.4, 0.5) is 0 Å². The van der Waals surface area contributed by atoms with Crippen molar-refractivity contribution in [2.75, 3.05) is 0 Å². The van der Waals surface area contributed by atoms with Gasteiger partial charge in [0.15, 0.2) is 0 Å². The first-order valence-corrected chi connectivity index (χ1v) is 5.28. The second-order valence-electron chi connectivity index (χ2n) is 3.90. The fraction of sp³-hybridized carbons (Fsp3) is 0.182. The van der Waals surface area contributed by atoms with Crippen LogP contribution in [-0.2, 0) is 7.05 Å². The summed E-state index contributed by atoms with van der Waals surface area (Å²) in [6.45, 7) is 0. The van der Waals surface area contributed by atoms with Crippen LogP contribution in [0.5, 0.6) is 0 Å². The van der Waals surface area contributed by atoms with Crippen molar-refractivity contribution in [2.45, 2.75) is 6.04 Å². The molecule has 0 saturated carbocycles. The van der Waals surface area contributed by atoms with Crippen molar-refractivity contribution in [1.82, 2.24) is 24.4 Å². The Labute approximate surface area is 97.7 Å². The molecule has 0 aliphatic carbocycles. The second kappa shape index (κ2) is 3.67. The van der Waals surface area contributed by atoms with E-state index < -0.39 is 0 Å². The quantitative estimate of drug-likeness (QED) is 0.693. The fourth-order valence-electron chi connectivity index (χ4n) is 1.85. The summed E-state index contributed by atoms with van der Waals surface area (Å²) in [6.07, 6.45) is 8.88. The van der Waals surface area contributed by atoms with Crippen LogP contribution in [0.1, 0.15) is 17.3 Å². The summed E-state index contributed by atoms with van der Waals surface area (Å²) in [6, 6.07) is 1.63. The SMILES string of the molecule is Cn1ccc(C(N)c2cnn3ccncc23)n1. The Bertz CT molecular complexity index is 653. The number of hydrogen-bond donors (Lipinski definition) is 1. The predicted molar refractivity (Wildman–Crippen MR) is 62.2 cm³/mol. The Morgan fingerprint density at radius 3 is 2.94 bits per heavy atom. The van der Waals surface area contributed by atoms with Gasteiger partial charge in [0.25, 0.3) is 0 Å². The molecule has 3 heterocycles. The van der Waals surface area contributed by atoms with Gasteiger partial charge in [-0.15, -0.1) is 0 Å². The number of nitrogens with zero attached hydrogens (tertiary/aromatic N) is 5. The van der Waals surface area contributed by atoms with E-state index in [0.29, 0.717) is 0 Å². The summed E-state index contributed by atoms with van der Waals surface area (Å²) in [5.41, 5.74) is 8.84. The van der Waals surface area contributed by atoms with Crippen LogP contribution in [0.2, 0.25) is 0 Å². The Morgan fingerprint density at radius 1 is 1.29 bits per heavy atom. The van der Waals surface area contributed by atoms with Crippen LogP contribution in [0.25, 0.3) is 5.52 Å². The lowest BCUT2D eigenvalue weighted by Gasteiger charge is -2.06. The van der Waals surface area contributed by atoms with Gasteiger partial charge in [0.2, 0.25) is 0 Å². The summed E-state index contributed by atoms with van der Waals surface area (Å²) < 4.78 is 3.49. The first kappa shape index (κ1) is 9.98. The molecule has 0 spiro atoms. The van der Waals surface area contributed by atoms with Gasteiger partial charge in [-0.3, -0.25) is 9.67 Å². The molecule has 3 aromatic rings. The molecule has 1 atom stereocenters. The highest BCUT2D eigenvalue weighted by Gasteiger charge is 2.16. The van der Waals surface area contributed by atoms with E-state index in [0.717, 1.165) is 16.8 Å². The minimum absolute atomic E-state index is 0.280. The lowest BCUT2D eigenvalue weighted by Crippen LogP contribution is -2.12. The van der Waals surface area contributed by atoms with Crippen molar-refractivity contribution < 1.29 is 0 Å². The Kier molecular flexibility index (Phi) is 2.15. The molecule has 0 amide bonds. The highest BCUT2D eigenvalue weighted by molar-refractivity contribution is 5.54. The normalized spacial score (nSPS) is 13.1. The molecule has 0 aromatic carbocycles. The van der Waals surface area contributed by atoms with E-state index >= 15 is 0 Å². The predicted octanol–water partition coefficient (Wildman–Crippen LogP) is 0.511.